The van der Waals surface area contributed by atoms with E-state index >= 15 is 0 Å². The number of nitrogens with one attached hydrogen (secondary N) is 1. The van der Waals surface area contributed by atoms with E-state index in [0.29, 0.717) is 11.5 Å². The van der Waals surface area contributed by atoms with Gasteiger partial charge in [0.05, 0.1) is 15.7 Å². The Kier molecular flexibility index (Phi) is 3.02. The zero-order chi connectivity index (χ0) is 12.6. The highest BCUT2D eigenvalue weighted by atomic mass is 32.1. The number of hydrogen-bond donors (Lipinski definition) is 1. The average molecular weight is 260 g/mol. The van der Waals surface area contributed by atoms with E-state index in [2.05, 4.69) is 42.3 Å². The molecule has 2 aromatic rings. The van der Waals surface area contributed by atoms with Gasteiger partial charge in [-0.25, -0.2) is 4.98 Å². The van der Waals surface area contributed by atoms with E-state index in [1.54, 1.807) is 11.3 Å². The molecular formula is C15H20N2S. The van der Waals surface area contributed by atoms with Gasteiger partial charge in [0.1, 0.15) is 0 Å². The number of rotatable bonds is 2. The van der Waals surface area contributed by atoms with Gasteiger partial charge in [0.2, 0.25) is 0 Å². The standard InChI is InChI=1S/C15H20N2S/c1-15(2)7-5-11(6-8-15)17-12-3-4-13-14(9-12)18-10-16-13/h3-4,9-11,17H,5-8H2,1-2H3. The first-order valence-electron chi connectivity index (χ1n) is 6.72. The van der Waals surface area contributed by atoms with Crippen LogP contribution in [-0.4, -0.2) is 11.0 Å². The third-order valence-electron chi connectivity index (χ3n) is 4.04. The Morgan fingerprint density at radius 2 is 2.06 bits per heavy atom. The van der Waals surface area contributed by atoms with Crippen molar-refractivity contribution < 1.29 is 0 Å². The monoisotopic (exact) mass is 260 g/mol. The Labute approximate surface area is 112 Å². The Morgan fingerprint density at radius 1 is 1.28 bits per heavy atom. The number of fused-ring (bicyclic) bond motifs is 1. The molecule has 0 amide bonds. The molecule has 18 heavy (non-hydrogen) atoms. The number of nitrogens with zero attached hydrogens (tertiary/aromatic N) is 1. The summed E-state index contributed by atoms with van der Waals surface area (Å²) in [7, 11) is 0. The summed E-state index contributed by atoms with van der Waals surface area (Å²) in [6.07, 6.45) is 5.22. The Balaban J connectivity index is 1.69. The van der Waals surface area contributed by atoms with Gasteiger partial charge in [0.25, 0.3) is 0 Å². The van der Waals surface area contributed by atoms with Crippen LogP contribution in [0.4, 0.5) is 5.69 Å². The Hall–Kier alpha value is -1.09. The molecule has 0 atom stereocenters. The number of aromatic nitrogens is 1. The molecule has 1 aliphatic rings. The van der Waals surface area contributed by atoms with Gasteiger partial charge >= 0.3 is 0 Å². The maximum absolute atomic E-state index is 4.32. The molecule has 0 aliphatic heterocycles. The predicted molar refractivity (Wildman–Crippen MR) is 79.3 cm³/mol. The van der Waals surface area contributed by atoms with Gasteiger partial charge in [-0.2, -0.15) is 0 Å². The molecule has 3 heteroatoms. The van der Waals surface area contributed by atoms with Crippen LogP contribution in [0.2, 0.25) is 0 Å². The molecular weight excluding hydrogens is 240 g/mol. The maximum Gasteiger partial charge on any atom is 0.0813 e. The molecule has 0 unspecified atom stereocenters. The van der Waals surface area contributed by atoms with Gasteiger partial charge < -0.3 is 5.32 Å². The van der Waals surface area contributed by atoms with E-state index < -0.39 is 0 Å². The van der Waals surface area contributed by atoms with Gasteiger partial charge in [-0.3, -0.25) is 0 Å². The summed E-state index contributed by atoms with van der Waals surface area (Å²) in [6, 6.07) is 7.14. The smallest absolute Gasteiger partial charge is 0.0813 e. The lowest BCUT2D eigenvalue weighted by Gasteiger charge is -2.35. The van der Waals surface area contributed by atoms with Gasteiger partial charge in [-0.15, -0.1) is 11.3 Å². The average Bonchev–Trinajstić information content (AvgIpc) is 2.79. The molecule has 1 saturated carbocycles. The van der Waals surface area contributed by atoms with Crippen LogP contribution in [-0.2, 0) is 0 Å². The molecule has 0 saturated heterocycles. The second-order valence-electron chi connectivity index (χ2n) is 6.12. The molecule has 1 fully saturated rings. The van der Waals surface area contributed by atoms with Gasteiger partial charge in [0, 0.05) is 11.7 Å². The molecule has 0 spiro atoms. The fraction of sp³-hybridized carbons (Fsp3) is 0.533. The summed E-state index contributed by atoms with van der Waals surface area (Å²) in [5, 5.41) is 3.68. The van der Waals surface area contributed by atoms with E-state index in [-0.39, 0.29) is 0 Å². The second-order valence-corrected chi connectivity index (χ2v) is 7.00. The summed E-state index contributed by atoms with van der Waals surface area (Å²) < 4.78 is 1.27. The van der Waals surface area contributed by atoms with Crippen LogP contribution in [0.25, 0.3) is 10.2 Å². The van der Waals surface area contributed by atoms with E-state index in [1.807, 2.05) is 5.51 Å². The van der Waals surface area contributed by atoms with Gasteiger partial charge in [-0.05, 0) is 49.3 Å². The first-order chi connectivity index (χ1) is 8.62. The molecule has 1 heterocycles. The van der Waals surface area contributed by atoms with Crippen molar-refractivity contribution in [2.24, 2.45) is 5.41 Å². The SMILES string of the molecule is CC1(C)CCC(Nc2ccc3ncsc3c2)CC1. The van der Waals surface area contributed by atoms with Crippen LogP contribution in [0, 0.1) is 5.41 Å². The molecule has 1 aromatic heterocycles. The molecule has 1 aromatic carbocycles. The van der Waals surface area contributed by atoms with Crippen molar-refractivity contribution in [1.29, 1.82) is 0 Å². The molecule has 1 aliphatic carbocycles. The van der Waals surface area contributed by atoms with Crippen molar-refractivity contribution in [3.05, 3.63) is 23.7 Å². The summed E-state index contributed by atoms with van der Waals surface area (Å²) in [6.45, 7) is 4.76. The lowest BCUT2D eigenvalue weighted by Crippen LogP contribution is -2.29. The quantitative estimate of drug-likeness (QED) is 0.848. The lowest BCUT2D eigenvalue weighted by atomic mass is 9.75. The third-order valence-corrected chi connectivity index (χ3v) is 4.83. The van der Waals surface area contributed by atoms with E-state index in [9.17, 15) is 0 Å². The lowest BCUT2D eigenvalue weighted by molar-refractivity contribution is 0.232. The van der Waals surface area contributed by atoms with Crippen molar-refractivity contribution in [1.82, 2.24) is 4.98 Å². The Bertz CT molecular complexity index is 534. The number of anilines is 1. The minimum Gasteiger partial charge on any atom is -0.382 e. The predicted octanol–water partition coefficient (Wildman–Crippen LogP) is 4.68. The Morgan fingerprint density at radius 3 is 2.83 bits per heavy atom. The van der Waals surface area contributed by atoms with Crippen molar-refractivity contribution in [2.45, 2.75) is 45.6 Å². The van der Waals surface area contributed by atoms with Crippen LogP contribution in [0.5, 0.6) is 0 Å². The van der Waals surface area contributed by atoms with Crippen LogP contribution < -0.4 is 5.32 Å². The number of benzene rings is 1. The normalized spacial score (nSPS) is 20.1. The summed E-state index contributed by atoms with van der Waals surface area (Å²) in [5.41, 5.74) is 4.81. The van der Waals surface area contributed by atoms with Crippen molar-refractivity contribution >= 4 is 27.2 Å². The van der Waals surface area contributed by atoms with Crippen molar-refractivity contribution in [3.63, 3.8) is 0 Å². The fourth-order valence-corrected chi connectivity index (χ4v) is 3.44. The first kappa shape index (κ1) is 12.0. The minimum absolute atomic E-state index is 0.541. The first-order valence-corrected chi connectivity index (χ1v) is 7.60. The van der Waals surface area contributed by atoms with E-state index in [1.165, 1.54) is 36.1 Å². The van der Waals surface area contributed by atoms with Crippen LogP contribution in [0.15, 0.2) is 23.7 Å². The molecule has 0 radical (unpaired) electrons. The van der Waals surface area contributed by atoms with Crippen LogP contribution >= 0.6 is 11.3 Å². The van der Waals surface area contributed by atoms with E-state index in [0.717, 1.165) is 5.52 Å². The van der Waals surface area contributed by atoms with Gasteiger partial charge in [0.15, 0.2) is 0 Å². The van der Waals surface area contributed by atoms with Crippen molar-refractivity contribution in [2.75, 3.05) is 5.32 Å². The molecule has 0 bridgehead atoms. The highest BCUT2D eigenvalue weighted by Crippen LogP contribution is 2.36. The highest BCUT2D eigenvalue weighted by molar-refractivity contribution is 7.16. The molecule has 3 rings (SSSR count). The summed E-state index contributed by atoms with van der Waals surface area (Å²) in [5.74, 6) is 0. The van der Waals surface area contributed by atoms with Crippen LogP contribution in [0.1, 0.15) is 39.5 Å². The van der Waals surface area contributed by atoms with Crippen molar-refractivity contribution in [3.8, 4) is 0 Å². The number of hydrogen-bond acceptors (Lipinski definition) is 3. The fourth-order valence-electron chi connectivity index (χ4n) is 2.72. The highest BCUT2D eigenvalue weighted by Gasteiger charge is 2.26. The molecule has 1 N–H and O–H groups in total. The zero-order valence-electron chi connectivity index (χ0n) is 11.1. The second kappa shape index (κ2) is 4.54. The molecule has 2 nitrogen and oxygen atoms in total. The molecule has 96 valence electrons. The van der Waals surface area contributed by atoms with Crippen LogP contribution in [0.3, 0.4) is 0 Å². The zero-order valence-corrected chi connectivity index (χ0v) is 11.9. The number of thiazole rings is 1. The largest absolute Gasteiger partial charge is 0.382 e. The topological polar surface area (TPSA) is 24.9 Å². The minimum atomic E-state index is 0.541. The van der Waals surface area contributed by atoms with E-state index in [4.69, 9.17) is 0 Å². The maximum atomic E-state index is 4.32. The summed E-state index contributed by atoms with van der Waals surface area (Å²) in [4.78, 5) is 4.32. The summed E-state index contributed by atoms with van der Waals surface area (Å²) >= 11 is 1.71. The van der Waals surface area contributed by atoms with Gasteiger partial charge in [-0.1, -0.05) is 13.8 Å². The third kappa shape index (κ3) is 2.51.